The summed E-state index contributed by atoms with van der Waals surface area (Å²) in [5.41, 5.74) is 5.79. The molecule has 0 aliphatic heterocycles. The van der Waals surface area contributed by atoms with Crippen molar-refractivity contribution >= 4 is 0 Å². The quantitative estimate of drug-likeness (QED) is 0.601. The van der Waals surface area contributed by atoms with Crippen molar-refractivity contribution in [3.05, 3.63) is 35.6 Å². The van der Waals surface area contributed by atoms with Gasteiger partial charge in [-0.1, -0.05) is 24.1 Å². The number of halogens is 1. The van der Waals surface area contributed by atoms with E-state index in [-0.39, 0.29) is 5.82 Å². The topological polar surface area (TPSA) is 26.0 Å². The van der Waals surface area contributed by atoms with Crippen LogP contribution in [-0.2, 0) is 0 Å². The van der Waals surface area contributed by atoms with Gasteiger partial charge in [0.1, 0.15) is 5.82 Å². The Kier molecular flexibility index (Phi) is 2.25. The first-order valence-corrected chi connectivity index (χ1v) is 3.22. The maximum Gasteiger partial charge on any atom is 0.128 e. The third-order valence-corrected chi connectivity index (χ3v) is 1.42. The van der Waals surface area contributed by atoms with E-state index in [1.54, 1.807) is 18.2 Å². The molecule has 0 amide bonds. The fourth-order valence-corrected chi connectivity index (χ4v) is 0.817. The lowest BCUT2D eigenvalue weighted by Gasteiger charge is -2.04. The summed E-state index contributed by atoms with van der Waals surface area (Å²) in [5.74, 6) is 1.91. The first-order valence-electron chi connectivity index (χ1n) is 3.22. The zero-order valence-corrected chi connectivity index (χ0v) is 5.92. The molecule has 11 heavy (non-hydrogen) atoms. The van der Waals surface area contributed by atoms with Gasteiger partial charge in [-0.2, -0.15) is 0 Å². The second kappa shape index (κ2) is 3.18. The lowest BCUT2D eigenvalue weighted by atomic mass is 10.1. The SMILES string of the molecule is C#CC(N)c1ccccc1F. The van der Waals surface area contributed by atoms with Gasteiger partial charge in [-0.25, -0.2) is 4.39 Å². The Morgan fingerprint density at radius 1 is 1.45 bits per heavy atom. The lowest BCUT2D eigenvalue weighted by Crippen LogP contribution is -2.08. The highest BCUT2D eigenvalue weighted by Crippen LogP contribution is 2.12. The van der Waals surface area contributed by atoms with E-state index in [1.165, 1.54) is 6.07 Å². The van der Waals surface area contributed by atoms with E-state index in [1.807, 2.05) is 0 Å². The first-order chi connectivity index (χ1) is 5.25. The van der Waals surface area contributed by atoms with Crippen LogP contribution in [0, 0.1) is 18.2 Å². The molecule has 1 unspecified atom stereocenters. The van der Waals surface area contributed by atoms with E-state index < -0.39 is 6.04 Å². The Balaban J connectivity index is 3.05. The minimum Gasteiger partial charge on any atom is -0.314 e. The van der Waals surface area contributed by atoms with Gasteiger partial charge in [0.15, 0.2) is 0 Å². The predicted octanol–water partition coefficient (Wildman–Crippen LogP) is 1.46. The molecule has 1 atom stereocenters. The molecule has 56 valence electrons. The average molecular weight is 149 g/mol. The molecule has 0 saturated carbocycles. The molecule has 1 aromatic carbocycles. The van der Waals surface area contributed by atoms with Crippen LogP contribution in [0.2, 0.25) is 0 Å². The van der Waals surface area contributed by atoms with Crippen LogP contribution in [0.1, 0.15) is 11.6 Å². The molecule has 0 radical (unpaired) electrons. The zero-order chi connectivity index (χ0) is 8.27. The number of hydrogen-bond acceptors (Lipinski definition) is 1. The van der Waals surface area contributed by atoms with E-state index >= 15 is 0 Å². The van der Waals surface area contributed by atoms with Crippen molar-refractivity contribution in [2.45, 2.75) is 6.04 Å². The van der Waals surface area contributed by atoms with Crippen LogP contribution in [0.15, 0.2) is 24.3 Å². The van der Waals surface area contributed by atoms with Gasteiger partial charge in [0.05, 0.1) is 6.04 Å². The maximum atomic E-state index is 12.9. The fourth-order valence-electron chi connectivity index (χ4n) is 0.817. The summed E-state index contributed by atoms with van der Waals surface area (Å²) in [7, 11) is 0. The van der Waals surface area contributed by atoms with Crippen molar-refractivity contribution in [2.24, 2.45) is 5.73 Å². The van der Waals surface area contributed by atoms with E-state index in [0.29, 0.717) is 5.56 Å². The van der Waals surface area contributed by atoms with Crippen LogP contribution in [-0.4, -0.2) is 0 Å². The van der Waals surface area contributed by atoms with Crippen LogP contribution in [0.4, 0.5) is 4.39 Å². The molecular formula is C9H8FN. The van der Waals surface area contributed by atoms with Crippen LogP contribution >= 0.6 is 0 Å². The van der Waals surface area contributed by atoms with Gasteiger partial charge in [0, 0.05) is 5.56 Å². The van der Waals surface area contributed by atoms with Crippen LogP contribution in [0.25, 0.3) is 0 Å². The monoisotopic (exact) mass is 149 g/mol. The second-order valence-electron chi connectivity index (χ2n) is 2.17. The smallest absolute Gasteiger partial charge is 0.128 e. The minimum absolute atomic E-state index is 0.349. The Morgan fingerprint density at radius 3 is 2.64 bits per heavy atom. The second-order valence-corrected chi connectivity index (χ2v) is 2.17. The van der Waals surface area contributed by atoms with Gasteiger partial charge in [0.25, 0.3) is 0 Å². The van der Waals surface area contributed by atoms with Gasteiger partial charge in [-0.15, -0.1) is 6.42 Å². The molecule has 1 aromatic rings. The van der Waals surface area contributed by atoms with Gasteiger partial charge in [0.2, 0.25) is 0 Å². The van der Waals surface area contributed by atoms with Crippen molar-refractivity contribution < 1.29 is 4.39 Å². The van der Waals surface area contributed by atoms with E-state index in [2.05, 4.69) is 5.92 Å². The molecule has 0 aliphatic rings. The first kappa shape index (κ1) is 7.77. The maximum absolute atomic E-state index is 12.9. The number of rotatable bonds is 1. The van der Waals surface area contributed by atoms with Gasteiger partial charge in [-0.05, 0) is 6.07 Å². The molecule has 1 nitrogen and oxygen atoms in total. The van der Waals surface area contributed by atoms with Gasteiger partial charge >= 0.3 is 0 Å². The largest absolute Gasteiger partial charge is 0.314 e. The van der Waals surface area contributed by atoms with Crippen LogP contribution in [0.5, 0.6) is 0 Å². The molecule has 0 fully saturated rings. The highest BCUT2D eigenvalue weighted by molar-refractivity contribution is 5.26. The molecule has 2 heteroatoms. The molecule has 2 N–H and O–H groups in total. The Hall–Kier alpha value is -1.33. The molecule has 0 heterocycles. The van der Waals surface area contributed by atoms with Crippen molar-refractivity contribution in [1.82, 2.24) is 0 Å². The summed E-state index contributed by atoms with van der Waals surface area (Å²) in [6, 6.07) is 5.58. The van der Waals surface area contributed by atoms with Crippen molar-refractivity contribution in [2.75, 3.05) is 0 Å². The Morgan fingerprint density at radius 2 is 2.09 bits per heavy atom. The number of nitrogens with two attached hydrogens (primary N) is 1. The van der Waals surface area contributed by atoms with Gasteiger partial charge < -0.3 is 5.73 Å². The summed E-state index contributed by atoms with van der Waals surface area (Å²) < 4.78 is 12.9. The summed E-state index contributed by atoms with van der Waals surface area (Å²) in [4.78, 5) is 0. The van der Waals surface area contributed by atoms with Crippen molar-refractivity contribution in [3.8, 4) is 12.3 Å². The van der Waals surface area contributed by atoms with Crippen molar-refractivity contribution in [3.63, 3.8) is 0 Å². The highest BCUT2D eigenvalue weighted by Gasteiger charge is 2.05. The zero-order valence-electron chi connectivity index (χ0n) is 5.92. The molecule has 1 rings (SSSR count). The Labute approximate surface area is 65.0 Å². The summed E-state index contributed by atoms with van der Waals surface area (Å²) in [6.45, 7) is 0. The number of benzene rings is 1. The van der Waals surface area contributed by atoms with Crippen LogP contribution in [0.3, 0.4) is 0 Å². The molecular weight excluding hydrogens is 141 g/mol. The Bertz CT molecular complexity index is 288. The van der Waals surface area contributed by atoms with Crippen molar-refractivity contribution in [1.29, 1.82) is 0 Å². The van der Waals surface area contributed by atoms with Crippen LogP contribution < -0.4 is 5.73 Å². The van der Waals surface area contributed by atoms with E-state index in [0.717, 1.165) is 0 Å². The molecule has 0 spiro atoms. The summed E-state index contributed by atoms with van der Waals surface area (Å²) in [6.07, 6.45) is 5.03. The molecule has 0 aromatic heterocycles. The summed E-state index contributed by atoms with van der Waals surface area (Å²) in [5, 5.41) is 0. The normalized spacial score (nSPS) is 12.1. The molecule has 0 aliphatic carbocycles. The minimum atomic E-state index is -0.642. The lowest BCUT2D eigenvalue weighted by molar-refractivity contribution is 0.604. The predicted molar refractivity (Wildman–Crippen MR) is 42.2 cm³/mol. The fraction of sp³-hybridized carbons (Fsp3) is 0.111. The molecule has 0 bridgehead atoms. The van der Waals surface area contributed by atoms with E-state index in [4.69, 9.17) is 12.2 Å². The standard InChI is InChI=1S/C9H8FN/c1-2-9(11)7-5-3-4-6-8(7)10/h1,3-6,9H,11H2. The number of hydrogen-bond donors (Lipinski definition) is 1. The summed E-state index contributed by atoms with van der Waals surface area (Å²) >= 11 is 0. The van der Waals surface area contributed by atoms with Gasteiger partial charge in [-0.3, -0.25) is 0 Å². The third kappa shape index (κ3) is 1.57. The third-order valence-electron chi connectivity index (χ3n) is 1.42. The molecule has 0 saturated heterocycles. The average Bonchev–Trinajstić information content (AvgIpc) is 2.04. The number of terminal acetylenes is 1. The highest BCUT2D eigenvalue weighted by atomic mass is 19.1. The van der Waals surface area contributed by atoms with E-state index in [9.17, 15) is 4.39 Å².